The van der Waals surface area contributed by atoms with Crippen molar-refractivity contribution in [1.82, 2.24) is 0 Å². The van der Waals surface area contributed by atoms with E-state index in [0.29, 0.717) is 19.3 Å². The van der Waals surface area contributed by atoms with E-state index in [9.17, 15) is 14.4 Å². The number of esters is 3. The predicted octanol–water partition coefficient (Wildman–Crippen LogP) is 15.0. The molecule has 0 aromatic rings. The molecule has 0 bridgehead atoms. The molecule has 0 aliphatic rings. The van der Waals surface area contributed by atoms with Crippen LogP contribution in [0.5, 0.6) is 0 Å². The molecule has 0 aromatic heterocycles. The number of hydrogen-bond donors (Lipinski definition) is 0. The highest BCUT2D eigenvalue weighted by Gasteiger charge is 2.19. The normalized spacial score (nSPS) is 12.9. The van der Waals surface area contributed by atoms with Crippen LogP contribution in [0.25, 0.3) is 0 Å². The molecule has 328 valence electrons. The van der Waals surface area contributed by atoms with Crippen LogP contribution in [0.15, 0.2) is 97.2 Å². The summed E-state index contributed by atoms with van der Waals surface area (Å²) in [6.07, 6.45) is 59.6. The molecule has 0 spiro atoms. The lowest BCUT2D eigenvalue weighted by Gasteiger charge is -2.18. The molecule has 1 atom stereocenters. The minimum Gasteiger partial charge on any atom is -0.462 e. The molecule has 0 aliphatic carbocycles. The summed E-state index contributed by atoms with van der Waals surface area (Å²) >= 11 is 0. The summed E-state index contributed by atoms with van der Waals surface area (Å²) in [7, 11) is 0. The first-order valence-corrected chi connectivity index (χ1v) is 23.3. The zero-order chi connectivity index (χ0) is 42.3. The van der Waals surface area contributed by atoms with Gasteiger partial charge in [-0.15, -0.1) is 0 Å². The van der Waals surface area contributed by atoms with Crippen LogP contribution >= 0.6 is 0 Å². The van der Waals surface area contributed by atoms with E-state index in [-0.39, 0.29) is 37.5 Å². The summed E-state index contributed by atoms with van der Waals surface area (Å²) in [6.45, 7) is 6.29. The zero-order valence-electron chi connectivity index (χ0n) is 37.3. The van der Waals surface area contributed by atoms with E-state index in [1.54, 1.807) is 0 Å². The lowest BCUT2D eigenvalue weighted by atomic mass is 10.1. The maximum Gasteiger partial charge on any atom is 0.306 e. The molecule has 0 heterocycles. The van der Waals surface area contributed by atoms with Gasteiger partial charge in [-0.1, -0.05) is 201 Å². The molecule has 1 unspecified atom stereocenters. The molecule has 0 aromatic carbocycles. The van der Waals surface area contributed by atoms with Gasteiger partial charge in [0.2, 0.25) is 0 Å². The topological polar surface area (TPSA) is 78.9 Å². The average molecular weight is 805 g/mol. The summed E-state index contributed by atoms with van der Waals surface area (Å²) in [5, 5.41) is 0. The molecule has 0 rings (SSSR count). The second-order valence-electron chi connectivity index (χ2n) is 15.0. The van der Waals surface area contributed by atoms with E-state index in [4.69, 9.17) is 14.2 Å². The molecule has 6 nitrogen and oxygen atoms in total. The molecule has 0 amide bonds. The van der Waals surface area contributed by atoms with Gasteiger partial charge in [0.15, 0.2) is 6.10 Å². The fraction of sp³-hybridized carbons (Fsp3) is 0.635. The molecule has 0 saturated heterocycles. The Labute approximate surface area is 356 Å². The van der Waals surface area contributed by atoms with E-state index in [1.807, 2.05) is 48.6 Å². The highest BCUT2D eigenvalue weighted by Crippen LogP contribution is 2.13. The third-order valence-electron chi connectivity index (χ3n) is 9.46. The van der Waals surface area contributed by atoms with E-state index in [0.717, 1.165) is 96.3 Å². The van der Waals surface area contributed by atoms with E-state index in [2.05, 4.69) is 69.4 Å². The smallest absolute Gasteiger partial charge is 0.306 e. The summed E-state index contributed by atoms with van der Waals surface area (Å²) in [4.78, 5) is 37.8. The predicted molar refractivity (Wildman–Crippen MR) is 247 cm³/mol. The molecular weight excluding hydrogens is 721 g/mol. The van der Waals surface area contributed by atoms with Crippen LogP contribution in [0.1, 0.15) is 194 Å². The lowest BCUT2D eigenvalue weighted by Crippen LogP contribution is -2.30. The maximum atomic E-state index is 12.7. The van der Waals surface area contributed by atoms with Crippen molar-refractivity contribution >= 4 is 17.9 Å². The SMILES string of the molecule is CC\C=C/C=C\C=C/C=C\C=C/CCCCCC(=O)OC(COC(=O)CCCCCCCC/C=C\C/C=C\C/C=C\CC)COC(=O)CCCCCCCCCCC. The Balaban J connectivity index is 4.47. The van der Waals surface area contributed by atoms with Crippen molar-refractivity contribution in [1.29, 1.82) is 0 Å². The fourth-order valence-corrected chi connectivity index (χ4v) is 6.00. The number of rotatable bonds is 40. The quantitative estimate of drug-likeness (QED) is 0.0202. The van der Waals surface area contributed by atoms with Gasteiger partial charge in [-0.05, 0) is 70.6 Å². The number of hydrogen-bond acceptors (Lipinski definition) is 6. The first kappa shape index (κ1) is 54.3. The van der Waals surface area contributed by atoms with Crippen molar-refractivity contribution in [3.05, 3.63) is 97.2 Å². The summed E-state index contributed by atoms with van der Waals surface area (Å²) in [5.74, 6) is -0.966. The van der Waals surface area contributed by atoms with Gasteiger partial charge in [0, 0.05) is 19.3 Å². The van der Waals surface area contributed by atoms with Crippen LogP contribution in [0.3, 0.4) is 0 Å². The molecular formula is C52H84O6. The van der Waals surface area contributed by atoms with Crippen molar-refractivity contribution in [2.45, 2.75) is 200 Å². The average Bonchev–Trinajstić information content (AvgIpc) is 3.22. The lowest BCUT2D eigenvalue weighted by molar-refractivity contribution is -0.167. The summed E-state index contributed by atoms with van der Waals surface area (Å²) in [5.41, 5.74) is 0. The fourth-order valence-electron chi connectivity index (χ4n) is 6.00. The minimum absolute atomic E-state index is 0.0997. The van der Waals surface area contributed by atoms with Gasteiger partial charge in [0.25, 0.3) is 0 Å². The first-order valence-electron chi connectivity index (χ1n) is 23.3. The van der Waals surface area contributed by atoms with Crippen LogP contribution in [0, 0.1) is 0 Å². The van der Waals surface area contributed by atoms with Gasteiger partial charge >= 0.3 is 17.9 Å². The Morgan fingerprint density at radius 1 is 0.379 bits per heavy atom. The standard InChI is InChI=1S/C52H84O6/c1-4-7-10-13-16-19-21-23-25-27-28-30-33-36-39-42-45-51(54)57-48-49(47-56-50(53)44-41-38-35-32-18-15-12-9-6-3)58-52(55)46-43-40-37-34-31-29-26-24-22-20-17-14-11-8-5-2/h7-8,10-11,14,16-17,19-20,22-26,29,31,49H,4-6,9,12-13,15,18,21,27-28,30,32-48H2,1-3H3/b10-7-,11-8-,17-14-,19-16-,22-20-,25-23-,26-24-,31-29-. The Hall–Kier alpha value is -3.67. The van der Waals surface area contributed by atoms with Crippen LogP contribution in [-0.2, 0) is 28.6 Å². The monoisotopic (exact) mass is 805 g/mol. The largest absolute Gasteiger partial charge is 0.462 e. The molecule has 0 saturated carbocycles. The number of unbranched alkanes of at least 4 members (excludes halogenated alkanes) is 17. The third-order valence-corrected chi connectivity index (χ3v) is 9.46. The van der Waals surface area contributed by atoms with Crippen LogP contribution < -0.4 is 0 Å². The number of carbonyl (C=O) groups is 3. The molecule has 58 heavy (non-hydrogen) atoms. The first-order chi connectivity index (χ1) is 28.5. The molecule has 0 radical (unpaired) electrons. The maximum absolute atomic E-state index is 12.7. The second-order valence-corrected chi connectivity index (χ2v) is 15.0. The van der Waals surface area contributed by atoms with Crippen LogP contribution in [0.2, 0.25) is 0 Å². The van der Waals surface area contributed by atoms with Crippen molar-refractivity contribution in [2.75, 3.05) is 13.2 Å². The number of ether oxygens (including phenoxy) is 3. The van der Waals surface area contributed by atoms with Crippen molar-refractivity contribution < 1.29 is 28.6 Å². The zero-order valence-corrected chi connectivity index (χ0v) is 37.3. The molecule has 0 aliphatic heterocycles. The Bertz CT molecular complexity index is 1200. The Morgan fingerprint density at radius 2 is 0.759 bits per heavy atom. The van der Waals surface area contributed by atoms with Crippen LogP contribution in [0.4, 0.5) is 0 Å². The highest BCUT2D eigenvalue weighted by atomic mass is 16.6. The minimum atomic E-state index is -0.802. The third kappa shape index (κ3) is 43.5. The van der Waals surface area contributed by atoms with Crippen LogP contribution in [-0.4, -0.2) is 37.2 Å². The molecule has 0 fully saturated rings. The van der Waals surface area contributed by atoms with Gasteiger partial charge < -0.3 is 14.2 Å². The van der Waals surface area contributed by atoms with Crippen molar-refractivity contribution in [2.24, 2.45) is 0 Å². The number of carbonyl (C=O) groups excluding carboxylic acids is 3. The van der Waals surface area contributed by atoms with E-state index in [1.165, 1.54) is 51.4 Å². The van der Waals surface area contributed by atoms with Gasteiger partial charge in [-0.2, -0.15) is 0 Å². The van der Waals surface area contributed by atoms with Gasteiger partial charge in [-0.25, -0.2) is 0 Å². The summed E-state index contributed by atoms with van der Waals surface area (Å²) < 4.78 is 16.7. The highest BCUT2D eigenvalue weighted by molar-refractivity contribution is 5.71. The van der Waals surface area contributed by atoms with Crippen molar-refractivity contribution in [3.63, 3.8) is 0 Å². The Kier molecular flexibility index (Phi) is 43.1. The van der Waals surface area contributed by atoms with E-state index < -0.39 is 6.10 Å². The van der Waals surface area contributed by atoms with E-state index >= 15 is 0 Å². The van der Waals surface area contributed by atoms with Crippen molar-refractivity contribution in [3.8, 4) is 0 Å². The molecule has 0 N–H and O–H groups in total. The van der Waals surface area contributed by atoms with Gasteiger partial charge in [0.1, 0.15) is 13.2 Å². The second kappa shape index (κ2) is 46.0. The van der Waals surface area contributed by atoms with Gasteiger partial charge in [-0.3, -0.25) is 14.4 Å². The van der Waals surface area contributed by atoms with Gasteiger partial charge in [0.05, 0.1) is 0 Å². The molecule has 6 heteroatoms. The Morgan fingerprint density at radius 3 is 1.28 bits per heavy atom. The summed E-state index contributed by atoms with van der Waals surface area (Å²) in [6, 6.07) is 0. The number of allylic oxidation sites excluding steroid dienone is 16.